The van der Waals surface area contributed by atoms with Gasteiger partial charge in [-0.1, -0.05) is 28.1 Å². The zero-order valence-corrected chi connectivity index (χ0v) is 14.5. The van der Waals surface area contributed by atoms with Crippen LogP contribution < -0.4 is 10.1 Å². The quantitative estimate of drug-likeness (QED) is 0.835. The lowest BCUT2D eigenvalue weighted by atomic mass is 10.1. The summed E-state index contributed by atoms with van der Waals surface area (Å²) in [6, 6.07) is 15.7. The van der Waals surface area contributed by atoms with Gasteiger partial charge in [-0.25, -0.2) is 4.79 Å². The maximum atomic E-state index is 12.6. The average Bonchev–Trinajstić information content (AvgIpc) is 3.06. The summed E-state index contributed by atoms with van der Waals surface area (Å²) in [7, 11) is 1.63. The Morgan fingerprint density at radius 3 is 2.52 bits per heavy atom. The molecule has 1 saturated heterocycles. The minimum absolute atomic E-state index is 0.0550. The third-order valence-corrected chi connectivity index (χ3v) is 4.64. The van der Waals surface area contributed by atoms with Crippen LogP contribution in [0, 0.1) is 0 Å². The number of benzene rings is 2. The molecule has 4 nitrogen and oxygen atoms in total. The van der Waals surface area contributed by atoms with Gasteiger partial charge in [-0.15, -0.1) is 0 Å². The maximum absolute atomic E-state index is 12.6. The van der Waals surface area contributed by atoms with Crippen molar-refractivity contribution in [3.8, 4) is 5.75 Å². The van der Waals surface area contributed by atoms with Crippen LogP contribution in [-0.4, -0.2) is 24.6 Å². The number of rotatable bonds is 3. The number of methoxy groups -OCH3 is 1. The molecule has 2 aromatic carbocycles. The van der Waals surface area contributed by atoms with Gasteiger partial charge in [0.25, 0.3) is 0 Å². The second-order valence-corrected chi connectivity index (χ2v) is 6.48. The molecular weight excluding hydrogens is 356 g/mol. The number of likely N-dealkylation sites (tertiary alicyclic amines) is 1. The summed E-state index contributed by atoms with van der Waals surface area (Å²) in [6.07, 6.45) is 2.02. The smallest absolute Gasteiger partial charge is 0.322 e. The van der Waals surface area contributed by atoms with Crippen molar-refractivity contribution >= 4 is 27.6 Å². The number of urea groups is 1. The largest absolute Gasteiger partial charge is 0.497 e. The van der Waals surface area contributed by atoms with Gasteiger partial charge >= 0.3 is 6.03 Å². The second kappa shape index (κ2) is 7.04. The molecule has 0 aliphatic carbocycles. The summed E-state index contributed by atoms with van der Waals surface area (Å²) in [5, 5.41) is 2.97. The molecule has 3 rings (SSSR count). The molecule has 0 bridgehead atoms. The Balaban J connectivity index is 1.71. The van der Waals surface area contributed by atoms with Crippen molar-refractivity contribution in [3.63, 3.8) is 0 Å². The Labute approximate surface area is 144 Å². The lowest BCUT2D eigenvalue weighted by molar-refractivity contribution is 0.207. The molecule has 1 atom stereocenters. The highest BCUT2D eigenvalue weighted by Crippen LogP contribution is 2.33. The van der Waals surface area contributed by atoms with Crippen molar-refractivity contribution in [2.75, 3.05) is 19.0 Å². The van der Waals surface area contributed by atoms with Crippen molar-refractivity contribution < 1.29 is 9.53 Å². The van der Waals surface area contributed by atoms with E-state index >= 15 is 0 Å². The lowest BCUT2D eigenvalue weighted by Crippen LogP contribution is -2.34. The van der Waals surface area contributed by atoms with Crippen LogP contribution in [0.15, 0.2) is 53.0 Å². The number of halogens is 1. The van der Waals surface area contributed by atoms with Crippen molar-refractivity contribution in [2.45, 2.75) is 18.9 Å². The number of amides is 2. The van der Waals surface area contributed by atoms with Crippen LogP contribution >= 0.6 is 15.9 Å². The van der Waals surface area contributed by atoms with Gasteiger partial charge in [0, 0.05) is 16.7 Å². The van der Waals surface area contributed by atoms with Gasteiger partial charge < -0.3 is 15.0 Å². The molecule has 1 N–H and O–H groups in total. The fourth-order valence-corrected chi connectivity index (χ4v) is 3.18. The SMILES string of the molecule is COc1ccc(NC(=O)N2CCCC2c2ccc(Br)cc2)cc1. The molecule has 1 fully saturated rings. The number of anilines is 1. The Kier molecular flexibility index (Phi) is 4.86. The number of carbonyl (C=O) groups excluding carboxylic acids is 1. The van der Waals surface area contributed by atoms with Crippen molar-refractivity contribution in [1.82, 2.24) is 4.90 Å². The zero-order valence-electron chi connectivity index (χ0n) is 13.0. The van der Waals surface area contributed by atoms with E-state index in [2.05, 4.69) is 33.4 Å². The van der Waals surface area contributed by atoms with Gasteiger partial charge in [0.05, 0.1) is 13.2 Å². The molecular formula is C18H19BrN2O2. The third kappa shape index (κ3) is 3.67. The first-order valence-corrected chi connectivity index (χ1v) is 8.44. The van der Waals surface area contributed by atoms with Crippen LogP contribution in [0.1, 0.15) is 24.4 Å². The van der Waals surface area contributed by atoms with Crippen LogP contribution in [0.2, 0.25) is 0 Å². The monoisotopic (exact) mass is 374 g/mol. The number of hydrogen-bond donors (Lipinski definition) is 1. The Bertz CT molecular complexity index is 670. The van der Waals surface area contributed by atoms with Gasteiger partial charge in [-0.3, -0.25) is 0 Å². The van der Waals surface area contributed by atoms with Crippen LogP contribution in [0.3, 0.4) is 0 Å². The highest BCUT2D eigenvalue weighted by molar-refractivity contribution is 9.10. The first-order chi connectivity index (χ1) is 11.2. The molecule has 0 spiro atoms. The molecule has 1 aliphatic rings. The minimum atomic E-state index is -0.0550. The van der Waals surface area contributed by atoms with Gasteiger partial charge in [-0.2, -0.15) is 0 Å². The molecule has 23 heavy (non-hydrogen) atoms. The van der Waals surface area contributed by atoms with Crippen LogP contribution in [0.5, 0.6) is 5.75 Å². The van der Waals surface area contributed by atoms with Crippen molar-refractivity contribution in [2.24, 2.45) is 0 Å². The van der Waals surface area contributed by atoms with Crippen molar-refractivity contribution in [3.05, 3.63) is 58.6 Å². The first-order valence-electron chi connectivity index (χ1n) is 7.64. The Morgan fingerprint density at radius 1 is 1.17 bits per heavy atom. The topological polar surface area (TPSA) is 41.6 Å². The molecule has 1 unspecified atom stereocenters. The van der Waals surface area contributed by atoms with Crippen LogP contribution in [-0.2, 0) is 0 Å². The van der Waals surface area contributed by atoms with Crippen LogP contribution in [0.4, 0.5) is 10.5 Å². The molecule has 2 amide bonds. The summed E-state index contributed by atoms with van der Waals surface area (Å²) >= 11 is 3.45. The summed E-state index contributed by atoms with van der Waals surface area (Å²) < 4.78 is 6.18. The van der Waals surface area contributed by atoms with E-state index in [9.17, 15) is 4.79 Å². The maximum Gasteiger partial charge on any atom is 0.322 e. The van der Waals surface area contributed by atoms with E-state index in [4.69, 9.17) is 4.74 Å². The highest BCUT2D eigenvalue weighted by Gasteiger charge is 2.29. The standard InChI is InChI=1S/C18H19BrN2O2/c1-23-16-10-8-15(9-11-16)20-18(22)21-12-2-3-17(21)13-4-6-14(19)7-5-13/h4-11,17H,2-3,12H2,1H3,(H,20,22). The van der Waals surface area contributed by atoms with Gasteiger partial charge in [-0.05, 0) is 54.8 Å². The molecule has 0 saturated carbocycles. The summed E-state index contributed by atoms with van der Waals surface area (Å²) in [5.41, 5.74) is 1.95. The van der Waals surface area contributed by atoms with E-state index in [1.807, 2.05) is 41.3 Å². The highest BCUT2D eigenvalue weighted by atomic mass is 79.9. The average molecular weight is 375 g/mol. The van der Waals surface area contributed by atoms with Crippen molar-refractivity contribution in [1.29, 1.82) is 0 Å². The third-order valence-electron chi connectivity index (χ3n) is 4.11. The van der Waals surface area contributed by atoms with Crippen LogP contribution in [0.25, 0.3) is 0 Å². The molecule has 1 heterocycles. The van der Waals surface area contributed by atoms with E-state index in [1.165, 1.54) is 5.56 Å². The van der Waals surface area contributed by atoms with Gasteiger partial charge in [0.15, 0.2) is 0 Å². The minimum Gasteiger partial charge on any atom is -0.497 e. The fourth-order valence-electron chi connectivity index (χ4n) is 2.91. The molecule has 1 aliphatic heterocycles. The Morgan fingerprint density at radius 2 is 1.87 bits per heavy atom. The van der Waals surface area contributed by atoms with E-state index in [1.54, 1.807) is 7.11 Å². The number of hydrogen-bond acceptors (Lipinski definition) is 2. The predicted molar refractivity (Wildman–Crippen MR) is 94.8 cm³/mol. The van der Waals surface area contributed by atoms with E-state index in [0.29, 0.717) is 0 Å². The first kappa shape index (κ1) is 15.9. The number of carbonyl (C=O) groups is 1. The van der Waals surface area contributed by atoms with E-state index < -0.39 is 0 Å². The van der Waals surface area contributed by atoms with E-state index in [0.717, 1.165) is 35.3 Å². The lowest BCUT2D eigenvalue weighted by Gasteiger charge is -2.25. The number of ether oxygens (including phenoxy) is 1. The molecule has 5 heteroatoms. The summed E-state index contributed by atoms with van der Waals surface area (Å²) in [4.78, 5) is 14.5. The summed E-state index contributed by atoms with van der Waals surface area (Å²) in [5.74, 6) is 0.775. The normalized spacial score (nSPS) is 17.1. The Hall–Kier alpha value is -2.01. The fraction of sp³-hybridized carbons (Fsp3) is 0.278. The predicted octanol–water partition coefficient (Wildman–Crippen LogP) is 4.83. The number of nitrogens with zero attached hydrogens (tertiary/aromatic N) is 1. The van der Waals surface area contributed by atoms with Gasteiger partial charge in [0.2, 0.25) is 0 Å². The molecule has 0 aromatic heterocycles. The second-order valence-electron chi connectivity index (χ2n) is 5.56. The molecule has 0 radical (unpaired) electrons. The molecule has 2 aromatic rings. The zero-order chi connectivity index (χ0) is 16.2. The number of nitrogens with one attached hydrogen (secondary N) is 1. The molecule has 120 valence electrons. The van der Waals surface area contributed by atoms with E-state index in [-0.39, 0.29) is 12.1 Å². The summed E-state index contributed by atoms with van der Waals surface area (Å²) in [6.45, 7) is 0.780. The van der Waals surface area contributed by atoms with Gasteiger partial charge in [0.1, 0.15) is 5.75 Å².